The number of ether oxygens (including phenoxy) is 1. The Balaban J connectivity index is 1.76. The van der Waals surface area contributed by atoms with E-state index < -0.39 is 5.72 Å². The highest BCUT2D eigenvalue weighted by Gasteiger charge is 2.62. The molecule has 0 amide bonds. The van der Waals surface area contributed by atoms with Crippen LogP contribution in [0.3, 0.4) is 0 Å². The number of hydrogen-bond donors (Lipinski definition) is 0. The zero-order chi connectivity index (χ0) is 19.4. The molecule has 4 nitrogen and oxygen atoms in total. The third kappa shape index (κ3) is 2.54. The lowest BCUT2D eigenvalue weighted by molar-refractivity contribution is -0.147. The SMILES string of the molecule is Cc1ccc2c(c1)C(C)(C)C1(C=Cc3ccc(N(C)C)cc3)OC(=O)CN21. The van der Waals surface area contributed by atoms with Gasteiger partial charge in [0.1, 0.15) is 6.54 Å². The number of rotatable bonds is 3. The highest BCUT2D eigenvalue weighted by atomic mass is 16.6. The van der Waals surface area contributed by atoms with Crippen molar-refractivity contribution in [3.8, 4) is 0 Å². The fourth-order valence-corrected chi connectivity index (χ4v) is 4.24. The van der Waals surface area contributed by atoms with E-state index in [-0.39, 0.29) is 17.9 Å². The first-order chi connectivity index (χ1) is 12.7. The first-order valence-corrected chi connectivity index (χ1v) is 9.32. The van der Waals surface area contributed by atoms with Gasteiger partial charge in [0.2, 0.25) is 5.72 Å². The number of aryl methyl sites for hydroxylation is 1. The van der Waals surface area contributed by atoms with Crippen molar-refractivity contribution in [2.45, 2.75) is 31.9 Å². The predicted molar refractivity (Wildman–Crippen MR) is 110 cm³/mol. The van der Waals surface area contributed by atoms with Gasteiger partial charge in [-0.2, -0.15) is 0 Å². The van der Waals surface area contributed by atoms with Crippen molar-refractivity contribution in [2.75, 3.05) is 30.4 Å². The first-order valence-electron chi connectivity index (χ1n) is 9.32. The first kappa shape index (κ1) is 17.7. The monoisotopic (exact) mass is 362 g/mol. The van der Waals surface area contributed by atoms with E-state index in [4.69, 9.17) is 4.74 Å². The van der Waals surface area contributed by atoms with Gasteiger partial charge in [-0.1, -0.05) is 35.9 Å². The number of benzene rings is 2. The Bertz CT molecular complexity index is 928. The minimum absolute atomic E-state index is 0.179. The molecule has 0 aliphatic carbocycles. The quantitative estimate of drug-likeness (QED) is 0.769. The van der Waals surface area contributed by atoms with Gasteiger partial charge in [-0.15, -0.1) is 0 Å². The van der Waals surface area contributed by atoms with Gasteiger partial charge >= 0.3 is 5.97 Å². The summed E-state index contributed by atoms with van der Waals surface area (Å²) in [5.74, 6) is -0.179. The zero-order valence-corrected chi connectivity index (χ0v) is 16.6. The van der Waals surface area contributed by atoms with Crippen LogP contribution in [0.5, 0.6) is 0 Å². The Morgan fingerprint density at radius 3 is 2.48 bits per heavy atom. The van der Waals surface area contributed by atoms with Crippen LogP contribution in [0.15, 0.2) is 48.5 Å². The predicted octanol–water partition coefficient (Wildman–Crippen LogP) is 4.13. The van der Waals surface area contributed by atoms with Gasteiger partial charge in [0, 0.05) is 25.5 Å². The van der Waals surface area contributed by atoms with Crippen LogP contribution in [-0.2, 0) is 14.9 Å². The van der Waals surface area contributed by atoms with Gasteiger partial charge in [0.05, 0.1) is 5.41 Å². The Kier molecular flexibility index (Phi) is 3.84. The smallest absolute Gasteiger partial charge is 0.328 e. The second-order valence-corrected chi connectivity index (χ2v) is 8.22. The molecular weight excluding hydrogens is 336 g/mol. The van der Waals surface area contributed by atoms with Crippen LogP contribution in [-0.4, -0.2) is 32.3 Å². The summed E-state index contributed by atoms with van der Waals surface area (Å²) >= 11 is 0. The number of hydrogen-bond acceptors (Lipinski definition) is 4. The van der Waals surface area contributed by atoms with E-state index in [0.29, 0.717) is 0 Å². The van der Waals surface area contributed by atoms with Crippen molar-refractivity contribution in [1.29, 1.82) is 0 Å². The van der Waals surface area contributed by atoms with Crippen LogP contribution in [0.4, 0.5) is 11.4 Å². The standard InChI is InChI=1S/C23H26N2O2/c1-16-6-11-20-19(14-16)22(2,3)23(25(20)15-21(26)27-23)13-12-17-7-9-18(10-8-17)24(4)5/h6-14H,15H2,1-5H3. The van der Waals surface area contributed by atoms with Gasteiger partial charge in [0.15, 0.2) is 0 Å². The third-order valence-corrected chi connectivity index (χ3v) is 5.88. The molecule has 2 aromatic carbocycles. The average Bonchev–Trinajstić information content (AvgIpc) is 3.05. The number of fused-ring (bicyclic) bond motifs is 3. The molecule has 2 aliphatic rings. The van der Waals surface area contributed by atoms with Crippen molar-refractivity contribution in [2.24, 2.45) is 0 Å². The topological polar surface area (TPSA) is 32.8 Å². The summed E-state index contributed by atoms with van der Waals surface area (Å²) in [7, 11) is 4.06. The lowest BCUT2D eigenvalue weighted by Gasteiger charge is -2.38. The molecule has 0 spiro atoms. The molecule has 2 aromatic rings. The van der Waals surface area contributed by atoms with Crippen LogP contribution in [0.25, 0.3) is 6.08 Å². The Morgan fingerprint density at radius 2 is 1.81 bits per heavy atom. The summed E-state index contributed by atoms with van der Waals surface area (Å²) in [6, 6.07) is 14.8. The lowest BCUT2D eigenvalue weighted by Crippen LogP contribution is -2.51. The van der Waals surface area contributed by atoms with Crippen LogP contribution in [0.1, 0.15) is 30.5 Å². The molecule has 1 unspecified atom stereocenters. The summed E-state index contributed by atoms with van der Waals surface area (Å²) < 4.78 is 5.99. The van der Waals surface area contributed by atoms with Crippen LogP contribution < -0.4 is 9.80 Å². The fraction of sp³-hybridized carbons (Fsp3) is 0.348. The number of carbonyl (C=O) groups is 1. The highest BCUT2D eigenvalue weighted by Crippen LogP contribution is 2.55. The summed E-state index contributed by atoms with van der Waals surface area (Å²) in [6.07, 6.45) is 4.11. The van der Waals surface area contributed by atoms with Crippen LogP contribution >= 0.6 is 0 Å². The number of carbonyl (C=O) groups excluding carboxylic acids is 1. The highest BCUT2D eigenvalue weighted by molar-refractivity contribution is 5.86. The molecule has 2 aliphatic heterocycles. The van der Waals surface area contributed by atoms with E-state index >= 15 is 0 Å². The summed E-state index contributed by atoms with van der Waals surface area (Å²) in [5.41, 5.74) is 4.63. The molecule has 1 saturated heterocycles. The van der Waals surface area contributed by atoms with Crippen molar-refractivity contribution in [3.63, 3.8) is 0 Å². The normalized spacial score (nSPS) is 22.7. The number of esters is 1. The molecule has 4 rings (SSSR count). The Labute approximate surface area is 161 Å². The van der Waals surface area contributed by atoms with E-state index in [9.17, 15) is 4.79 Å². The molecule has 1 atom stereocenters. The van der Waals surface area contributed by atoms with Crippen molar-refractivity contribution in [1.82, 2.24) is 0 Å². The van der Waals surface area contributed by atoms with Crippen LogP contribution in [0.2, 0.25) is 0 Å². The van der Waals surface area contributed by atoms with Gasteiger partial charge in [-0.3, -0.25) is 4.79 Å². The van der Waals surface area contributed by atoms with Gasteiger partial charge in [-0.05, 0) is 56.2 Å². The maximum absolute atomic E-state index is 12.3. The average molecular weight is 362 g/mol. The second-order valence-electron chi connectivity index (χ2n) is 8.22. The maximum Gasteiger partial charge on any atom is 0.328 e. The molecule has 0 saturated carbocycles. The molecule has 0 radical (unpaired) electrons. The molecule has 1 fully saturated rings. The number of anilines is 2. The molecule has 27 heavy (non-hydrogen) atoms. The second kappa shape index (κ2) is 5.88. The zero-order valence-electron chi connectivity index (χ0n) is 16.6. The number of nitrogens with zero attached hydrogens (tertiary/aromatic N) is 2. The van der Waals surface area contributed by atoms with E-state index in [1.807, 2.05) is 14.1 Å². The Morgan fingerprint density at radius 1 is 1.11 bits per heavy atom. The van der Waals surface area contributed by atoms with Crippen molar-refractivity contribution in [3.05, 3.63) is 65.2 Å². The molecular formula is C23H26N2O2. The summed E-state index contributed by atoms with van der Waals surface area (Å²) in [6.45, 7) is 6.69. The van der Waals surface area contributed by atoms with E-state index in [1.54, 1.807) is 0 Å². The van der Waals surface area contributed by atoms with Gasteiger partial charge in [-0.25, -0.2) is 0 Å². The Hall–Kier alpha value is -2.75. The minimum Gasteiger partial charge on any atom is -0.433 e. The van der Waals surface area contributed by atoms with E-state index in [2.05, 4.69) is 85.2 Å². The van der Waals surface area contributed by atoms with E-state index in [1.165, 1.54) is 11.1 Å². The summed E-state index contributed by atoms with van der Waals surface area (Å²) in [5, 5.41) is 0. The third-order valence-electron chi connectivity index (χ3n) is 5.88. The molecule has 0 bridgehead atoms. The van der Waals surface area contributed by atoms with Crippen LogP contribution in [0, 0.1) is 6.92 Å². The molecule has 4 heteroatoms. The molecule has 0 N–H and O–H groups in total. The van der Waals surface area contributed by atoms with Crippen molar-refractivity contribution >= 4 is 23.4 Å². The minimum atomic E-state index is -0.791. The fourth-order valence-electron chi connectivity index (χ4n) is 4.24. The van der Waals surface area contributed by atoms with Gasteiger partial charge < -0.3 is 14.5 Å². The maximum atomic E-state index is 12.3. The van der Waals surface area contributed by atoms with Crippen molar-refractivity contribution < 1.29 is 9.53 Å². The molecule has 0 aromatic heterocycles. The summed E-state index contributed by atoms with van der Waals surface area (Å²) in [4.78, 5) is 16.4. The lowest BCUT2D eigenvalue weighted by atomic mass is 9.77. The largest absolute Gasteiger partial charge is 0.433 e. The molecule has 140 valence electrons. The van der Waals surface area contributed by atoms with E-state index in [0.717, 1.165) is 16.9 Å². The molecule has 2 heterocycles. The van der Waals surface area contributed by atoms with Gasteiger partial charge in [0.25, 0.3) is 0 Å².